The summed E-state index contributed by atoms with van der Waals surface area (Å²) in [5, 5.41) is 0. The average Bonchev–Trinajstić information content (AvgIpc) is 3.96. The van der Waals surface area contributed by atoms with Crippen molar-refractivity contribution in [1.29, 1.82) is 0 Å². The van der Waals surface area contributed by atoms with E-state index in [1.165, 1.54) is 0 Å². The predicted octanol–water partition coefficient (Wildman–Crippen LogP) is 12.2. The van der Waals surface area contributed by atoms with E-state index < -0.39 is 0 Å². The number of aromatic nitrogens is 3. The molecule has 3 heterocycles. The predicted molar refractivity (Wildman–Crippen MR) is 206 cm³/mol. The minimum Gasteiger partial charge on any atom is -0.436 e. The minimum absolute atomic E-state index is 0.591. The van der Waals surface area contributed by atoms with Crippen molar-refractivity contribution in [3.05, 3.63) is 170 Å². The topological polar surface area (TPSA) is 81.3 Å². The Morgan fingerprint density at radius 1 is 0.288 bits per heavy atom. The summed E-state index contributed by atoms with van der Waals surface area (Å²) in [5.41, 5.74) is 12.8. The summed E-state index contributed by atoms with van der Waals surface area (Å²) < 4.78 is 18.1. The van der Waals surface area contributed by atoms with Crippen LogP contribution < -0.4 is 4.90 Å². The summed E-state index contributed by atoms with van der Waals surface area (Å²) in [6.45, 7) is 0. The molecule has 0 saturated carbocycles. The van der Waals surface area contributed by atoms with Crippen LogP contribution in [0.2, 0.25) is 0 Å². The highest BCUT2D eigenvalue weighted by Crippen LogP contribution is 2.38. The Kier molecular flexibility index (Phi) is 6.99. The zero-order chi connectivity index (χ0) is 34.4. The molecule has 0 atom stereocenters. The molecule has 0 radical (unpaired) electrons. The Balaban J connectivity index is 0.980. The van der Waals surface area contributed by atoms with E-state index in [2.05, 4.69) is 82.7 Å². The zero-order valence-electron chi connectivity index (χ0n) is 27.7. The largest absolute Gasteiger partial charge is 0.436 e. The van der Waals surface area contributed by atoms with E-state index in [0.29, 0.717) is 17.7 Å². The number of anilines is 3. The van der Waals surface area contributed by atoms with Crippen LogP contribution >= 0.6 is 0 Å². The van der Waals surface area contributed by atoms with Crippen molar-refractivity contribution in [2.75, 3.05) is 4.90 Å². The smallest absolute Gasteiger partial charge is 0.227 e. The van der Waals surface area contributed by atoms with Gasteiger partial charge in [-0.25, -0.2) is 15.0 Å². The van der Waals surface area contributed by atoms with Gasteiger partial charge in [-0.15, -0.1) is 0 Å². The molecule has 246 valence electrons. The Hall–Kier alpha value is -7.25. The molecule has 0 fully saturated rings. The van der Waals surface area contributed by atoms with Crippen LogP contribution in [0.15, 0.2) is 183 Å². The zero-order valence-corrected chi connectivity index (χ0v) is 27.7. The molecular formula is C45H28N4O3. The molecule has 0 unspecified atom stereocenters. The number of oxazole rings is 3. The number of nitrogens with zero attached hydrogens (tertiary/aromatic N) is 4. The highest BCUT2D eigenvalue weighted by molar-refractivity contribution is 5.83. The molecule has 10 aromatic rings. The molecule has 7 heteroatoms. The number of hydrogen-bond donors (Lipinski definition) is 0. The Labute approximate surface area is 298 Å². The summed E-state index contributed by atoms with van der Waals surface area (Å²) in [6.07, 6.45) is 0. The van der Waals surface area contributed by atoms with Crippen molar-refractivity contribution in [3.63, 3.8) is 0 Å². The van der Waals surface area contributed by atoms with Crippen LogP contribution in [0.25, 0.3) is 78.8 Å². The van der Waals surface area contributed by atoms with Gasteiger partial charge in [0, 0.05) is 33.8 Å². The highest BCUT2D eigenvalue weighted by atomic mass is 16.4. The molecule has 3 aromatic heterocycles. The van der Waals surface area contributed by atoms with Gasteiger partial charge in [0.05, 0.1) is 0 Å². The summed E-state index contributed by atoms with van der Waals surface area (Å²) in [6, 6.07) is 56.9. The quantitative estimate of drug-likeness (QED) is 0.167. The summed E-state index contributed by atoms with van der Waals surface area (Å²) in [5.74, 6) is 1.80. The third-order valence-corrected chi connectivity index (χ3v) is 9.22. The van der Waals surface area contributed by atoms with E-state index in [4.69, 9.17) is 23.2 Å². The maximum absolute atomic E-state index is 6.05. The first kappa shape index (κ1) is 29.6. The van der Waals surface area contributed by atoms with Gasteiger partial charge in [0.1, 0.15) is 16.6 Å². The molecular weight excluding hydrogens is 645 g/mol. The van der Waals surface area contributed by atoms with Crippen molar-refractivity contribution in [2.24, 2.45) is 0 Å². The molecule has 0 aliphatic rings. The van der Waals surface area contributed by atoms with Crippen molar-refractivity contribution in [2.45, 2.75) is 0 Å². The second-order valence-corrected chi connectivity index (χ2v) is 12.5. The van der Waals surface area contributed by atoms with E-state index in [-0.39, 0.29) is 0 Å². The number of hydrogen-bond acceptors (Lipinski definition) is 7. The summed E-state index contributed by atoms with van der Waals surface area (Å²) >= 11 is 0. The van der Waals surface area contributed by atoms with Crippen molar-refractivity contribution < 1.29 is 13.3 Å². The third kappa shape index (κ3) is 5.37. The Bertz CT molecular complexity index is 2620. The first-order chi connectivity index (χ1) is 25.7. The van der Waals surface area contributed by atoms with E-state index in [0.717, 1.165) is 78.2 Å². The molecule has 0 spiro atoms. The maximum Gasteiger partial charge on any atom is 0.227 e. The SMILES string of the molecule is c1ccc2oc(-c3ccc(-c4ccc(N(c5ccc(-c6nc7ccccc7o6)cc5)c5ccc(-c6nc7ccccc7o6)cc5)cc4)cc3)nc2c1. The Morgan fingerprint density at radius 3 is 0.885 bits per heavy atom. The number of fused-ring (bicyclic) bond motifs is 3. The van der Waals surface area contributed by atoms with Gasteiger partial charge in [-0.05, 0) is 120 Å². The second kappa shape index (κ2) is 12.3. The van der Waals surface area contributed by atoms with Crippen LogP contribution in [0.1, 0.15) is 0 Å². The molecule has 0 aliphatic heterocycles. The second-order valence-electron chi connectivity index (χ2n) is 12.5. The monoisotopic (exact) mass is 672 g/mol. The number of para-hydroxylation sites is 6. The van der Waals surface area contributed by atoms with Gasteiger partial charge < -0.3 is 18.2 Å². The number of rotatable bonds is 7. The van der Waals surface area contributed by atoms with Gasteiger partial charge in [0.2, 0.25) is 17.7 Å². The van der Waals surface area contributed by atoms with Crippen molar-refractivity contribution in [1.82, 2.24) is 15.0 Å². The van der Waals surface area contributed by atoms with Gasteiger partial charge in [-0.3, -0.25) is 0 Å². The lowest BCUT2D eigenvalue weighted by atomic mass is 10.0. The molecule has 0 aliphatic carbocycles. The summed E-state index contributed by atoms with van der Waals surface area (Å²) in [4.78, 5) is 16.3. The lowest BCUT2D eigenvalue weighted by Crippen LogP contribution is -2.09. The molecule has 52 heavy (non-hydrogen) atoms. The molecule has 7 aromatic carbocycles. The molecule has 0 N–H and O–H groups in total. The standard InChI is InChI=1S/C45H28N4O3/c1-4-10-40-37(7-1)46-43(50-40)31-15-13-29(14-16-31)30-17-23-34(24-18-30)49(35-25-19-32(20-26-35)44-47-38-8-2-5-11-41(38)51-44)36-27-21-33(22-28-36)45-48-39-9-3-6-12-42(39)52-45/h1-28H. The van der Waals surface area contributed by atoms with Gasteiger partial charge in [0.25, 0.3) is 0 Å². The molecule has 7 nitrogen and oxygen atoms in total. The highest BCUT2D eigenvalue weighted by Gasteiger charge is 2.16. The van der Waals surface area contributed by atoms with Crippen LogP contribution in [0, 0.1) is 0 Å². The normalized spacial score (nSPS) is 11.5. The van der Waals surface area contributed by atoms with Crippen LogP contribution in [-0.4, -0.2) is 15.0 Å². The van der Waals surface area contributed by atoms with Gasteiger partial charge in [-0.1, -0.05) is 60.7 Å². The molecule has 10 rings (SSSR count). The van der Waals surface area contributed by atoms with Gasteiger partial charge in [0.15, 0.2) is 16.7 Å². The van der Waals surface area contributed by atoms with Crippen LogP contribution in [0.3, 0.4) is 0 Å². The fraction of sp³-hybridized carbons (Fsp3) is 0. The van der Waals surface area contributed by atoms with E-state index >= 15 is 0 Å². The lowest BCUT2D eigenvalue weighted by Gasteiger charge is -2.26. The van der Waals surface area contributed by atoms with Crippen molar-refractivity contribution in [3.8, 4) is 45.5 Å². The van der Waals surface area contributed by atoms with Crippen molar-refractivity contribution >= 4 is 50.4 Å². The average molecular weight is 673 g/mol. The Morgan fingerprint density at radius 2 is 0.558 bits per heavy atom. The van der Waals surface area contributed by atoms with Gasteiger partial charge in [-0.2, -0.15) is 0 Å². The molecule has 0 saturated heterocycles. The maximum atomic E-state index is 6.05. The lowest BCUT2D eigenvalue weighted by molar-refractivity contribution is 0.619. The fourth-order valence-electron chi connectivity index (χ4n) is 6.55. The van der Waals surface area contributed by atoms with Crippen LogP contribution in [0.4, 0.5) is 17.1 Å². The minimum atomic E-state index is 0.591. The fourth-order valence-corrected chi connectivity index (χ4v) is 6.55. The first-order valence-electron chi connectivity index (χ1n) is 17.0. The summed E-state index contributed by atoms with van der Waals surface area (Å²) in [7, 11) is 0. The van der Waals surface area contributed by atoms with E-state index in [1.807, 2.05) is 97.1 Å². The van der Waals surface area contributed by atoms with E-state index in [1.54, 1.807) is 0 Å². The first-order valence-corrected chi connectivity index (χ1v) is 17.0. The molecule has 0 amide bonds. The molecule has 0 bridgehead atoms. The van der Waals surface area contributed by atoms with Crippen LogP contribution in [0.5, 0.6) is 0 Å². The number of benzene rings is 7. The van der Waals surface area contributed by atoms with E-state index in [9.17, 15) is 0 Å². The van der Waals surface area contributed by atoms with Crippen LogP contribution in [-0.2, 0) is 0 Å². The van der Waals surface area contributed by atoms with Gasteiger partial charge >= 0.3 is 0 Å². The third-order valence-electron chi connectivity index (χ3n) is 9.22.